The maximum Gasteiger partial charge on any atom is 0.250 e. The van der Waals surface area contributed by atoms with Crippen molar-refractivity contribution in [3.63, 3.8) is 0 Å². The van der Waals surface area contributed by atoms with E-state index in [2.05, 4.69) is 20.8 Å². The predicted molar refractivity (Wildman–Crippen MR) is 146 cm³/mol. The molecule has 0 aliphatic heterocycles. The molecule has 0 atom stereocenters. The van der Waals surface area contributed by atoms with Crippen molar-refractivity contribution in [3.05, 3.63) is 100 Å². The number of fused-ring (bicyclic) bond motifs is 1. The topological polar surface area (TPSA) is 85.0 Å². The molecule has 37 heavy (non-hydrogen) atoms. The monoisotopic (exact) mass is 551 g/mol. The molecule has 0 saturated carbocycles. The Morgan fingerprint density at radius 2 is 1.78 bits per heavy atom. The number of nitrogens with zero attached hydrogens (tertiary/aromatic N) is 3. The van der Waals surface area contributed by atoms with Gasteiger partial charge in [0.15, 0.2) is 5.11 Å². The number of hydrogen-bond acceptors (Lipinski definition) is 5. The van der Waals surface area contributed by atoms with Gasteiger partial charge in [0.05, 0.1) is 15.7 Å². The minimum absolute atomic E-state index is 0.103. The molecular formula is C26H16Cl2FN5O2S. The van der Waals surface area contributed by atoms with E-state index in [1.807, 2.05) is 0 Å². The summed E-state index contributed by atoms with van der Waals surface area (Å²) in [7, 11) is 0. The Hall–Kier alpha value is -4.05. The number of hydrogen-bond donors (Lipinski definition) is 2. The van der Waals surface area contributed by atoms with E-state index in [0.29, 0.717) is 49.5 Å². The Balaban J connectivity index is 1.21. The van der Waals surface area contributed by atoms with Crippen LogP contribution in [-0.2, 0) is 4.79 Å². The van der Waals surface area contributed by atoms with E-state index in [9.17, 15) is 9.18 Å². The summed E-state index contributed by atoms with van der Waals surface area (Å²) in [5.41, 5.74) is 3.13. The van der Waals surface area contributed by atoms with Crippen LogP contribution in [0.15, 0.2) is 83.3 Å². The number of rotatable bonds is 5. The maximum absolute atomic E-state index is 13.2. The molecule has 3 aromatic carbocycles. The van der Waals surface area contributed by atoms with Crippen molar-refractivity contribution in [3.8, 4) is 17.0 Å². The number of furan rings is 1. The number of anilines is 1. The van der Waals surface area contributed by atoms with Crippen molar-refractivity contribution in [2.24, 2.45) is 0 Å². The van der Waals surface area contributed by atoms with Gasteiger partial charge in [-0.2, -0.15) is 4.80 Å². The third-order valence-electron chi connectivity index (χ3n) is 5.18. The maximum atomic E-state index is 13.2. The molecule has 5 aromatic rings. The van der Waals surface area contributed by atoms with E-state index >= 15 is 0 Å². The summed E-state index contributed by atoms with van der Waals surface area (Å²) in [6.07, 6.45) is 2.81. The second-order valence-corrected chi connectivity index (χ2v) is 8.94. The van der Waals surface area contributed by atoms with Gasteiger partial charge in [0.2, 0.25) is 5.91 Å². The number of amides is 1. The van der Waals surface area contributed by atoms with Gasteiger partial charge < -0.3 is 9.73 Å². The lowest BCUT2D eigenvalue weighted by atomic mass is 10.2. The minimum atomic E-state index is -0.445. The van der Waals surface area contributed by atoms with Crippen LogP contribution in [0.2, 0.25) is 10.0 Å². The van der Waals surface area contributed by atoms with Crippen molar-refractivity contribution in [2.45, 2.75) is 0 Å². The van der Waals surface area contributed by atoms with Crippen LogP contribution >= 0.6 is 35.4 Å². The van der Waals surface area contributed by atoms with Gasteiger partial charge in [-0.25, -0.2) is 4.39 Å². The van der Waals surface area contributed by atoms with Gasteiger partial charge in [0.1, 0.15) is 28.4 Å². The van der Waals surface area contributed by atoms with E-state index in [0.717, 1.165) is 0 Å². The van der Waals surface area contributed by atoms with Crippen LogP contribution in [0.1, 0.15) is 5.76 Å². The molecule has 0 radical (unpaired) electrons. The molecule has 2 N–H and O–H groups in total. The molecule has 0 saturated heterocycles. The number of carbonyl (C=O) groups is 1. The molecule has 0 unspecified atom stereocenters. The zero-order valence-electron chi connectivity index (χ0n) is 18.8. The van der Waals surface area contributed by atoms with Gasteiger partial charge in [0, 0.05) is 17.3 Å². The van der Waals surface area contributed by atoms with Gasteiger partial charge >= 0.3 is 0 Å². The largest absolute Gasteiger partial charge is 0.457 e. The Kier molecular flexibility index (Phi) is 7.00. The summed E-state index contributed by atoms with van der Waals surface area (Å²) < 4.78 is 18.9. The van der Waals surface area contributed by atoms with Crippen LogP contribution in [0.25, 0.3) is 34.1 Å². The normalized spacial score (nSPS) is 11.2. The number of thiocarbonyl (C=S) groups is 1. The van der Waals surface area contributed by atoms with Crippen molar-refractivity contribution in [1.29, 1.82) is 0 Å². The lowest BCUT2D eigenvalue weighted by molar-refractivity contribution is -0.115. The Morgan fingerprint density at radius 3 is 2.59 bits per heavy atom. The summed E-state index contributed by atoms with van der Waals surface area (Å²) in [5.74, 6) is 0.194. The van der Waals surface area contributed by atoms with Crippen LogP contribution < -0.4 is 10.6 Å². The van der Waals surface area contributed by atoms with Gasteiger partial charge in [-0.15, -0.1) is 10.2 Å². The van der Waals surface area contributed by atoms with E-state index in [1.165, 1.54) is 29.1 Å². The van der Waals surface area contributed by atoms with Crippen LogP contribution in [0.5, 0.6) is 0 Å². The Morgan fingerprint density at radius 1 is 1.00 bits per heavy atom. The zero-order valence-corrected chi connectivity index (χ0v) is 21.1. The molecule has 0 aliphatic rings. The molecule has 184 valence electrons. The molecule has 1 amide bonds. The van der Waals surface area contributed by atoms with Gasteiger partial charge in [0.25, 0.3) is 0 Å². The van der Waals surface area contributed by atoms with Crippen LogP contribution in [0.3, 0.4) is 0 Å². The Labute approximate surface area is 225 Å². The average Bonchev–Trinajstić information content (AvgIpc) is 3.52. The Bertz CT molecular complexity index is 1660. The first kappa shape index (κ1) is 24.6. The second-order valence-electron chi connectivity index (χ2n) is 7.75. The van der Waals surface area contributed by atoms with Crippen molar-refractivity contribution >= 4 is 69.2 Å². The predicted octanol–water partition coefficient (Wildman–Crippen LogP) is 6.65. The van der Waals surface area contributed by atoms with Crippen LogP contribution in [0, 0.1) is 5.82 Å². The van der Waals surface area contributed by atoms with Gasteiger partial charge in [-0.1, -0.05) is 29.3 Å². The third kappa shape index (κ3) is 5.69. The molecule has 0 fully saturated rings. The first-order valence-corrected chi connectivity index (χ1v) is 12.0. The average molecular weight is 552 g/mol. The molecular weight excluding hydrogens is 536 g/mol. The summed E-state index contributed by atoms with van der Waals surface area (Å²) in [6.45, 7) is 0. The zero-order chi connectivity index (χ0) is 25.9. The van der Waals surface area contributed by atoms with E-state index in [1.54, 1.807) is 60.7 Å². The molecule has 2 aromatic heterocycles. The summed E-state index contributed by atoms with van der Waals surface area (Å²) in [5, 5.41) is 15.2. The van der Waals surface area contributed by atoms with Gasteiger partial charge in [-0.3, -0.25) is 10.1 Å². The first-order valence-electron chi connectivity index (χ1n) is 10.8. The van der Waals surface area contributed by atoms with Crippen LogP contribution in [0.4, 0.5) is 10.1 Å². The van der Waals surface area contributed by atoms with Crippen molar-refractivity contribution in [2.75, 3.05) is 5.32 Å². The van der Waals surface area contributed by atoms with Crippen LogP contribution in [-0.4, -0.2) is 26.0 Å². The number of benzene rings is 3. The highest BCUT2D eigenvalue weighted by atomic mass is 35.5. The number of halogens is 3. The molecule has 5 rings (SSSR count). The molecule has 7 nitrogen and oxygen atoms in total. The molecule has 2 heterocycles. The number of aromatic nitrogens is 3. The minimum Gasteiger partial charge on any atom is -0.457 e. The van der Waals surface area contributed by atoms with E-state index < -0.39 is 5.91 Å². The highest BCUT2D eigenvalue weighted by molar-refractivity contribution is 7.80. The van der Waals surface area contributed by atoms with Crippen molar-refractivity contribution < 1.29 is 13.6 Å². The fourth-order valence-corrected chi connectivity index (χ4v) is 4.05. The highest BCUT2D eigenvalue weighted by Gasteiger charge is 2.11. The quantitative estimate of drug-likeness (QED) is 0.188. The lowest BCUT2D eigenvalue weighted by Gasteiger charge is -2.07. The van der Waals surface area contributed by atoms with Crippen molar-refractivity contribution in [1.82, 2.24) is 20.3 Å². The van der Waals surface area contributed by atoms with E-state index in [4.69, 9.17) is 39.8 Å². The molecule has 0 aliphatic carbocycles. The number of nitrogens with one attached hydrogen (secondary N) is 2. The lowest BCUT2D eigenvalue weighted by Crippen LogP contribution is -2.32. The second kappa shape index (κ2) is 10.5. The standard InChI is InChI=1S/C26H16Cl2FN5O2S/c27-20-3-1-2-19(25(20)28)23-12-9-18(36-23)10-13-24(35)31-26(37)30-16-6-11-21-22(14-16)33-34(32-21)17-7-4-15(29)5-8-17/h1-14H,(H2,30,31,35,37). The summed E-state index contributed by atoms with van der Waals surface area (Å²) in [6, 6.07) is 19.8. The number of carbonyl (C=O) groups excluding carboxylic acids is 1. The fraction of sp³-hybridized carbons (Fsp3) is 0. The molecule has 11 heteroatoms. The van der Waals surface area contributed by atoms with Gasteiger partial charge in [-0.05, 0) is 85.0 Å². The smallest absolute Gasteiger partial charge is 0.250 e. The van der Waals surface area contributed by atoms with E-state index in [-0.39, 0.29) is 10.9 Å². The highest BCUT2D eigenvalue weighted by Crippen LogP contribution is 2.34. The molecule has 0 bridgehead atoms. The summed E-state index contributed by atoms with van der Waals surface area (Å²) in [4.78, 5) is 13.7. The molecule has 0 spiro atoms. The first-order chi connectivity index (χ1) is 17.9. The SMILES string of the molecule is O=C(C=Cc1ccc(-c2cccc(Cl)c2Cl)o1)NC(=S)Nc1ccc2nn(-c3ccc(F)cc3)nc2c1. The summed E-state index contributed by atoms with van der Waals surface area (Å²) >= 11 is 17.6. The fourth-order valence-electron chi connectivity index (χ4n) is 3.44. The third-order valence-corrected chi connectivity index (χ3v) is 6.20.